The molecule has 0 radical (unpaired) electrons. The van der Waals surface area contributed by atoms with Gasteiger partial charge in [-0.05, 0) is 71.8 Å². The lowest BCUT2D eigenvalue weighted by atomic mass is 10.0. The predicted molar refractivity (Wildman–Crippen MR) is 144 cm³/mol. The van der Waals surface area contributed by atoms with E-state index in [4.69, 9.17) is 14.2 Å². The SMILES string of the molecule is CCCCOc1ccc(C(=O)N/N=C\c2c(OC(=O)c3ccc(OC)cc3)ccc3ccccc23)cc1. The first-order valence-corrected chi connectivity index (χ1v) is 12.0. The van der Waals surface area contributed by atoms with Crippen molar-refractivity contribution in [2.75, 3.05) is 13.7 Å². The van der Waals surface area contributed by atoms with Crippen LogP contribution < -0.4 is 19.6 Å². The molecule has 1 amide bonds. The van der Waals surface area contributed by atoms with Crippen molar-refractivity contribution in [2.24, 2.45) is 5.10 Å². The minimum atomic E-state index is -0.516. The third kappa shape index (κ3) is 6.52. The molecule has 0 aliphatic heterocycles. The Kier molecular flexibility index (Phi) is 8.49. The van der Waals surface area contributed by atoms with Gasteiger partial charge in [0.05, 0.1) is 25.5 Å². The van der Waals surface area contributed by atoms with E-state index in [1.54, 1.807) is 61.7 Å². The summed E-state index contributed by atoms with van der Waals surface area (Å²) < 4.78 is 16.5. The van der Waals surface area contributed by atoms with Crippen LogP contribution in [-0.4, -0.2) is 31.8 Å². The van der Waals surface area contributed by atoms with E-state index >= 15 is 0 Å². The fourth-order valence-electron chi connectivity index (χ4n) is 3.64. The number of hydrogen-bond donors (Lipinski definition) is 1. The van der Waals surface area contributed by atoms with Crippen molar-refractivity contribution in [2.45, 2.75) is 19.8 Å². The van der Waals surface area contributed by atoms with Gasteiger partial charge in [-0.25, -0.2) is 10.2 Å². The highest BCUT2D eigenvalue weighted by molar-refractivity contribution is 6.04. The number of benzene rings is 4. The maximum absolute atomic E-state index is 12.8. The monoisotopic (exact) mass is 496 g/mol. The smallest absolute Gasteiger partial charge is 0.343 e. The number of carbonyl (C=O) groups is 2. The van der Waals surface area contributed by atoms with Crippen molar-refractivity contribution in [3.8, 4) is 17.2 Å². The fourth-order valence-corrected chi connectivity index (χ4v) is 3.64. The quantitative estimate of drug-likeness (QED) is 0.0955. The Morgan fingerprint density at radius 2 is 1.57 bits per heavy atom. The third-order valence-corrected chi connectivity index (χ3v) is 5.70. The Labute approximate surface area is 215 Å². The molecular weight excluding hydrogens is 468 g/mol. The number of nitrogens with zero attached hydrogens (tertiary/aromatic N) is 1. The maximum Gasteiger partial charge on any atom is 0.343 e. The van der Waals surface area contributed by atoms with Crippen LogP contribution in [0.3, 0.4) is 0 Å². The number of ether oxygens (including phenoxy) is 3. The van der Waals surface area contributed by atoms with Gasteiger partial charge in [0.1, 0.15) is 17.2 Å². The number of carbonyl (C=O) groups excluding carboxylic acids is 2. The number of hydrogen-bond acceptors (Lipinski definition) is 6. The number of methoxy groups -OCH3 is 1. The highest BCUT2D eigenvalue weighted by Gasteiger charge is 2.14. The van der Waals surface area contributed by atoms with Gasteiger partial charge in [0.2, 0.25) is 0 Å². The average Bonchev–Trinajstić information content (AvgIpc) is 2.94. The van der Waals surface area contributed by atoms with Gasteiger partial charge in [0.15, 0.2) is 0 Å². The Balaban J connectivity index is 1.51. The van der Waals surface area contributed by atoms with E-state index in [1.807, 2.05) is 30.3 Å². The zero-order valence-electron chi connectivity index (χ0n) is 20.8. The van der Waals surface area contributed by atoms with Crippen LogP contribution in [0.2, 0.25) is 0 Å². The van der Waals surface area contributed by atoms with E-state index in [2.05, 4.69) is 17.5 Å². The fraction of sp³-hybridized carbons (Fsp3) is 0.167. The Bertz CT molecular complexity index is 1400. The van der Waals surface area contributed by atoms with Gasteiger partial charge in [-0.15, -0.1) is 0 Å². The van der Waals surface area contributed by atoms with Gasteiger partial charge in [0, 0.05) is 11.1 Å². The Morgan fingerprint density at radius 3 is 2.30 bits per heavy atom. The summed E-state index contributed by atoms with van der Waals surface area (Å²) in [4.78, 5) is 25.4. The van der Waals surface area contributed by atoms with Gasteiger partial charge in [-0.1, -0.05) is 43.7 Å². The molecule has 0 fully saturated rings. The maximum atomic E-state index is 12.8. The number of unbranched alkanes of at least 4 members (excludes halogenated alkanes) is 1. The summed E-state index contributed by atoms with van der Waals surface area (Å²) in [7, 11) is 1.56. The molecule has 0 unspecified atom stereocenters. The average molecular weight is 497 g/mol. The van der Waals surface area contributed by atoms with Crippen LogP contribution in [0, 0.1) is 0 Å². The van der Waals surface area contributed by atoms with Crippen molar-refractivity contribution in [1.29, 1.82) is 0 Å². The van der Waals surface area contributed by atoms with Gasteiger partial charge in [-0.2, -0.15) is 5.10 Å². The van der Waals surface area contributed by atoms with Crippen LogP contribution >= 0.6 is 0 Å². The van der Waals surface area contributed by atoms with Crippen molar-refractivity contribution >= 4 is 28.9 Å². The Hall–Kier alpha value is -4.65. The second kappa shape index (κ2) is 12.4. The number of esters is 1. The second-order valence-corrected chi connectivity index (χ2v) is 8.24. The summed E-state index contributed by atoms with van der Waals surface area (Å²) in [5.41, 5.74) is 3.94. The molecule has 37 heavy (non-hydrogen) atoms. The molecular formula is C30H28N2O5. The lowest BCUT2D eigenvalue weighted by molar-refractivity contribution is 0.0734. The molecule has 188 valence electrons. The summed E-state index contributed by atoms with van der Waals surface area (Å²) in [6, 6.07) is 24.8. The lowest BCUT2D eigenvalue weighted by Gasteiger charge is -2.11. The van der Waals surface area contributed by atoms with Gasteiger partial charge in [0.25, 0.3) is 5.91 Å². The van der Waals surface area contributed by atoms with E-state index in [-0.39, 0.29) is 5.91 Å². The van der Waals surface area contributed by atoms with Crippen molar-refractivity contribution in [1.82, 2.24) is 5.43 Å². The number of rotatable bonds is 10. The molecule has 0 saturated carbocycles. The molecule has 0 aliphatic rings. The van der Waals surface area contributed by atoms with Crippen LogP contribution in [0.1, 0.15) is 46.0 Å². The zero-order chi connectivity index (χ0) is 26.0. The van der Waals surface area contributed by atoms with Crippen LogP contribution in [-0.2, 0) is 0 Å². The molecule has 0 atom stereocenters. The molecule has 4 aromatic rings. The zero-order valence-corrected chi connectivity index (χ0v) is 20.8. The molecule has 0 aliphatic carbocycles. The standard InChI is InChI=1S/C30H28N2O5/c1-3-4-19-36-25-16-9-22(10-17-25)29(33)32-31-20-27-26-8-6-5-7-21(26)13-18-28(27)37-30(34)23-11-14-24(35-2)15-12-23/h5-18,20H,3-4,19H2,1-2H3,(H,32,33)/b31-20-. The molecule has 4 aromatic carbocycles. The summed E-state index contributed by atoms with van der Waals surface area (Å²) in [6.07, 6.45) is 3.51. The summed E-state index contributed by atoms with van der Waals surface area (Å²) in [6.45, 7) is 2.74. The second-order valence-electron chi connectivity index (χ2n) is 8.24. The number of fused-ring (bicyclic) bond motifs is 1. The summed E-state index contributed by atoms with van der Waals surface area (Å²) >= 11 is 0. The molecule has 7 heteroatoms. The highest BCUT2D eigenvalue weighted by atomic mass is 16.5. The van der Waals surface area contributed by atoms with E-state index in [1.165, 1.54) is 6.21 Å². The summed E-state index contributed by atoms with van der Waals surface area (Å²) in [5.74, 6) is 0.800. The predicted octanol–water partition coefficient (Wildman–Crippen LogP) is 6.01. The first-order chi connectivity index (χ1) is 18.1. The first-order valence-electron chi connectivity index (χ1n) is 12.0. The third-order valence-electron chi connectivity index (χ3n) is 5.70. The van der Waals surface area contributed by atoms with E-state index in [0.717, 1.165) is 23.6 Å². The van der Waals surface area contributed by atoms with Gasteiger partial charge < -0.3 is 14.2 Å². The molecule has 0 aromatic heterocycles. The van der Waals surface area contributed by atoms with E-state index in [9.17, 15) is 9.59 Å². The summed E-state index contributed by atoms with van der Waals surface area (Å²) in [5, 5.41) is 5.92. The van der Waals surface area contributed by atoms with Crippen molar-refractivity contribution in [3.63, 3.8) is 0 Å². The van der Waals surface area contributed by atoms with Crippen molar-refractivity contribution < 1.29 is 23.8 Å². The molecule has 0 saturated heterocycles. The van der Waals surface area contributed by atoms with Crippen LogP contribution in [0.4, 0.5) is 0 Å². The minimum Gasteiger partial charge on any atom is -0.497 e. The van der Waals surface area contributed by atoms with Crippen molar-refractivity contribution in [3.05, 3.63) is 102 Å². The molecule has 0 heterocycles. The highest BCUT2D eigenvalue weighted by Crippen LogP contribution is 2.27. The normalized spacial score (nSPS) is 10.9. The minimum absolute atomic E-state index is 0.325. The van der Waals surface area contributed by atoms with E-state index < -0.39 is 5.97 Å². The number of hydrazone groups is 1. The van der Waals surface area contributed by atoms with Crippen LogP contribution in [0.5, 0.6) is 17.2 Å². The first kappa shape index (κ1) is 25.4. The molecule has 4 rings (SSSR count). The molecule has 7 nitrogen and oxygen atoms in total. The van der Waals surface area contributed by atoms with Crippen LogP contribution in [0.15, 0.2) is 90.0 Å². The Morgan fingerprint density at radius 1 is 0.865 bits per heavy atom. The number of nitrogens with one attached hydrogen (secondary N) is 1. The molecule has 0 bridgehead atoms. The molecule has 0 spiro atoms. The van der Waals surface area contributed by atoms with E-state index in [0.29, 0.717) is 40.5 Å². The largest absolute Gasteiger partial charge is 0.497 e. The number of amides is 1. The topological polar surface area (TPSA) is 86.2 Å². The van der Waals surface area contributed by atoms with Gasteiger partial charge >= 0.3 is 5.97 Å². The lowest BCUT2D eigenvalue weighted by Crippen LogP contribution is -2.17. The van der Waals surface area contributed by atoms with Crippen LogP contribution in [0.25, 0.3) is 10.8 Å². The van der Waals surface area contributed by atoms with Gasteiger partial charge in [-0.3, -0.25) is 4.79 Å². The molecule has 1 N–H and O–H groups in total.